The van der Waals surface area contributed by atoms with Gasteiger partial charge in [-0.1, -0.05) is 42.2 Å². The van der Waals surface area contributed by atoms with Gasteiger partial charge in [0.2, 0.25) is 0 Å². The van der Waals surface area contributed by atoms with Gasteiger partial charge in [0.05, 0.1) is 7.11 Å². The minimum atomic E-state index is -0.951. The maximum atomic E-state index is 12.5. The second-order valence-electron chi connectivity index (χ2n) is 7.96. The predicted molar refractivity (Wildman–Crippen MR) is 112 cm³/mol. The number of nitrogens with one attached hydrogen (secondary N) is 1. The zero-order valence-corrected chi connectivity index (χ0v) is 16.9. The van der Waals surface area contributed by atoms with Crippen molar-refractivity contribution in [3.8, 4) is 11.8 Å². The molecule has 5 nitrogen and oxygen atoms in total. The summed E-state index contributed by atoms with van der Waals surface area (Å²) in [5, 5.41) is 2.65. The Balaban J connectivity index is 1.62. The van der Waals surface area contributed by atoms with E-state index >= 15 is 0 Å². The molecule has 2 unspecified atom stereocenters. The first-order valence-electron chi connectivity index (χ1n) is 9.63. The van der Waals surface area contributed by atoms with E-state index in [2.05, 4.69) is 41.4 Å². The average molecular weight is 390 g/mol. The lowest BCUT2D eigenvalue weighted by molar-refractivity contribution is -0.144. The highest BCUT2D eigenvalue weighted by atomic mass is 16.5. The van der Waals surface area contributed by atoms with Gasteiger partial charge in [-0.25, -0.2) is 4.79 Å². The molecule has 29 heavy (non-hydrogen) atoms. The van der Waals surface area contributed by atoms with Crippen LogP contribution in [0.15, 0.2) is 54.6 Å². The van der Waals surface area contributed by atoms with Gasteiger partial charge in [-0.05, 0) is 56.0 Å². The predicted octanol–water partition coefficient (Wildman–Crippen LogP) is 2.85. The number of hydrogen-bond acceptors (Lipinski definition) is 4. The number of esters is 1. The second kappa shape index (κ2) is 8.50. The Labute approximate surface area is 171 Å². The van der Waals surface area contributed by atoms with E-state index in [0.717, 1.165) is 12.0 Å². The molecular formula is C24H26N2O3. The van der Waals surface area contributed by atoms with Gasteiger partial charge >= 0.3 is 5.97 Å². The topological polar surface area (TPSA) is 81.4 Å². The summed E-state index contributed by atoms with van der Waals surface area (Å²) < 4.78 is 4.74. The standard InChI is InChI=1S/C24H26N2O3/c1-24(2,25)21(23(28)29-3)26-22(27)18-12-9-16(10-13-18)11-14-19-15-20(19)17-7-5-4-6-8-17/h4-10,12-13,19-21H,15,25H2,1-3H3,(H,26,27)/t19?,20?,21-/m1/s1. The molecule has 2 aromatic carbocycles. The molecule has 1 saturated carbocycles. The lowest BCUT2D eigenvalue weighted by Crippen LogP contribution is -2.59. The molecule has 3 rings (SSSR count). The van der Waals surface area contributed by atoms with Crippen LogP contribution in [-0.2, 0) is 9.53 Å². The van der Waals surface area contributed by atoms with Crippen LogP contribution in [0, 0.1) is 17.8 Å². The molecule has 2 aromatic rings. The molecule has 0 radical (unpaired) electrons. The number of hydrogen-bond donors (Lipinski definition) is 2. The molecule has 0 bridgehead atoms. The van der Waals surface area contributed by atoms with Crippen molar-refractivity contribution in [2.24, 2.45) is 11.7 Å². The van der Waals surface area contributed by atoms with Crippen LogP contribution in [0.25, 0.3) is 0 Å². The van der Waals surface area contributed by atoms with E-state index in [1.807, 2.05) is 18.2 Å². The Kier molecular flexibility index (Phi) is 6.05. The third-order valence-electron chi connectivity index (χ3n) is 5.02. The fourth-order valence-corrected chi connectivity index (χ4v) is 3.19. The van der Waals surface area contributed by atoms with Crippen LogP contribution in [0.1, 0.15) is 47.7 Å². The van der Waals surface area contributed by atoms with E-state index in [-0.39, 0.29) is 5.91 Å². The highest BCUT2D eigenvalue weighted by molar-refractivity contribution is 5.97. The first kappa shape index (κ1) is 20.6. The van der Waals surface area contributed by atoms with E-state index in [9.17, 15) is 9.59 Å². The Morgan fingerprint density at radius 2 is 1.79 bits per heavy atom. The SMILES string of the molecule is COC(=O)[C@@H](NC(=O)c1ccc(C#CC2CC2c2ccccc2)cc1)C(C)(C)N. The Morgan fingerprint density at radius 1 is 1.14 bits per heavy atom. The van der Waals surface area contributed by atoms with Gasteiger partial charge < -0.3 is 15.8 Å². The van der Waals surface area contributed by atoms with E-state index in [1.165, 1.54) is 12.7 Å². The lowest BCUT2D eigenvalue weighted by atomic mass is 9.95. The summed E-state index contributed by atoms with van der Waals surface area (Å²) in [6.45, 7) is 3.32. The molecule has 1 aliphatic rings. The maximum Gasteiger partial charge on any atom is 0.330 e. The highest BCUT2D eigenvalue weighted by Crippen LogP contribution is 2.46. The van der Waals surface area contributed by atoms with Gasteiger partial charge in [0.15, 0.2) is 0 Å². The minimum Gasteiger partial charge on any atom is -0.467 e. The number of rotatable bonds is 5. The van der Waals surface area contributed by atoms with E-state index in [4.69, 9.17) is 10.5 Å². The van der Waals surface area contributed by atoms with Gasteiger partial charge in [0.25, 0.3) is 5.91 Å². The van der Waals surface area contributed by atoms with Crippen molar-refractivity contribution in [1.82, 2.24) is 5.32 Å². The molecule has 3 atom stereocenters. The molecule has 3 N–H and O–H groups in total. The van der Waals surface area contributed by atoms with Crippen LogP contribution in [0.2, 0.25) is 0 Å². The summed E-state index contributed by atoms with van der Waals surface area (Å²) >= 11 is 0. The maximum absolute atomic E-state index is 12.5. The molecule has 0 heterocycles. The highest BCUT2D eigenvalue weighted by Gasteiger charge is 2.37. The van der Waals surface area contributed by atoms with Crippen LogP contribution in [0.4, 0.5) is 0 Å². The summed E-state index contributed by atoms with van der Waals surface area (Å²) in [6, 6.07) is 16.5. The molecule has 0 saturated heterocycles. The Morgan fingerprint density at radius 3 is 2.38 bits per heavy atom. The van der Waals surface area contributed by atoms with E-state index in [1.54, 1.807) is 26.0 Å². The molecule has 0 spiro atoms. The van der Waals surface area contributed by atoms with Crippen LogP contribution < -0.4 is 11.1 Å². The van der Waals surface area contributed by atoms with Gasteiger partial charge in [-0.2, -0.15) is 0 Å². The van der Waals surface area contributed by atoms with Crippen molar-refractivity contribution in [3.05, 3.63) is 71.3 Å². The summed E-state index contributed by atoms with van der Waals surface area (Å²) in [5.74, 6) is 6.44. The molecule has 1 amide bonds. The summed E-state index contributed by atoms with van der Waals surface area (Å²) in [5.41, 5.74) is 7.67. The van der Waals surface area contributed by atoms with Crippen molar-refractivity contribution < 1.29 is 14.3 Å². The van der Waals surface area contributed by atoms with Crippen molar-refractivity contribution in [3.63, 3.8) is 0 Å². The van der Waals surface area contributed by atoms with Gasteiger partial charge in [-0.15, -0.1) is 0 Å². The molecule has 0 aliphatic heterocycles. The first-order valence-corrected chi connectivity index (χ1v) is 9.63. The number of carbonyl (C=O) groups excluding carboxylic acids is 2. The normalized spacial score (nSPS) is 18.8. The van der Waals surface area contributed by atoms with E-state index < -0.39 is 17.6 Å². The van der Waals surface area contributed by atoms with Gasteiger partial charge in [-0.3, -0.25) is 4.79 Å². The van der Waals surface area contributed by atoms with Crippen LogP contribution in [-0.4, -0.2) is 30.6 Å². The average Bonchev–Trinajstić information content (AvgIpc) is 3.49. The second-order valence-corrected chi connectivity index (χ2v) is 7.96. The number of amides is 1. The fourth-order valence-electron chi connectivity index (χ4n) is 3.19. The number of benzene rings is 2. The minimum absolute atomic E-state index is 0.382. The number of carbonyl (C=O) groups is 2. The molecule has 5 heteroatoms. The van der Waals surface area contributed by atoms with Gasteiger partial charge in [0, 0.05) is 22.6 Å². The Bertz CT molecular complexity index is 934. The first-order chi connectivity index (χ1) is 13.8. The van der Waals surface area contributed by atoms with Crippen LogP contribution in [0.5, 0.6) is 0 Å². The van der Waals surface area contributed by atoms with Crippen molar-refractivity contribution in [2.45, 2.75) is 37.8 Å². The summed E-state index contributed by atoms with van der Waals surface area (Å²) in [4.78, 5) is 24.4. The molecule has 0 aromatic heterocycles. The number of ether oxygens (including phenoxy) is 1. The lowest BCUT2D eigenvalue weighted by Gasteiger charge is -2.28. The third-order valence-corrected chi connectivity index (χ3v) is 5.02. The largest absolute Gasteiger partial charge is 0.467 e. The molecule has 150 valence electrons. The van der Waals surface area contributed by atoms with Crippen molar-refractivity contribution in [1.29, 1.82) is 0 Å². The van der Waals surface area contributed by atoms with Crippen molar-refractivity contribution in [2.75, 3.05) is 7.11 Å². The summed E-state index contributed by atoms with van der Waals surface area (Å²) in [6.07, 6.45) is 1.08. The molecule has 1 aliphatic carbocycles. The van der Waals surface area contributed by atoms with E-state index in [0.29, 0.717) is 17.4 Å². The smallest absolute Gasteiger partial charge is 0.330 e. The zero-order valence-electron chi connectivity index (χ0n) is 16.9. The number of methoxy groups -OCH3 is 1. The molecular weight excluding hydrogens is 364 g/mol. The zero-order chi connectivity index (χ0) is 21.0. The number of nitrogens with two attached hydrogens (primary N) is 1. The van der Waals surface area contributed by atoms with Crippen LogP contribution in [0.3, 0.4) is 0 Å². The van der Waals surface area contributed by atoms with Crippen LogP contribution >= 0.6 is 0 Å². The van der Waals surface area contributed by atoms with Gasteiger partial charge in [0.1, 0.15) is 6.04 Å². The quantitative estimate of drug-likeness (QED) is 0.608. The molecule has 1 fully saturated rings. The third kappa shape index (κ3) is 5.24. The fraction of sp³-hybridized carbons (Fsp3) is 0.333. The monoisotopic (exact) mass is 390 g/mol. The Hall–Kier alpha value is -3.10. The van der Waals surface area contributed by atoms with Crippen molar-refractivity contribution >= 4 is 11.9 Å². The summed E-state index contributed by atoms with van der Waals surface area (Å²) in [7, 11) is 1.27.